The fourth-order valence-corrected chi connectivity index (χ4v) is 2.75. The Morgan fingerprint density at radius 2 is 2.20 bits per heavy atom. The number of hydrogen-bond acceptors (Lipinski definition) is 3. The van der Waals surface area contributed by atoms with Gasteiger partial charge in [0, 0.05) is 25.2 Å². The highest BCUT2D eigenvalue weighted by Gasteiger charge is 2.27. The molecule has 1 heterocycles. The van der Waals surface area contributed by atoms with Crippen LogP contribution in [0.15, 0.2) is 0 Å². The van der Waals surface area contributed by atoms with Gasteiger partial charge in [-0.1, -0.05) is 13.8 Å². The van der Waals surface area contributed by atoms with Crippen LogP contribution in [0.25, 0.3) is 0 Å². The summed E-state index contributed by atoms with van der Waals surface area (Å²) in [6, 6.07) is 1.40. The van der Waals surface area contributed by atoms with Gasteiger partial charge in [0.15, 0.2) is 0 Å². The Kier molecular flexibility index (Phi) is 6.02. The van der Waals surface area contributed by atoms with Gasteiger partial charge in [-0.15, -0.1) is 0 Å². The highest BCUT2D eigenvalue weighted by molar-refractivity contribution is 7.98. The zero-order chi connectivity index (χ0) is 11.3. The molecule has 15 heavy (non-hydrogen) atoms. The van der Waals surface area contributed by atoms with E-state index in [4.69, 9.17) is 0 Å². The van der Waals surface area contributed by atoms with Crippen LogP contribution in [0.1, 0.15) is 27.2 Å². The van der Waals surface area contributed by atoms with Crippen LogP contribution >= 0.6 is 11.8 Å². The quantitative estimate of drug-likeness (QED) is 0.728. The lowest BCUT2D eigenvalue weighted by molar-refractivity contribution is 0.103. The number of nitrogens with one attached hydrogen (secondary N) is 1. The van der Waals surface area contributed by atoms with Gasteiger partial charge in [0.2, 0.25) is 0 Å². The molecule has 1 N–H and O–H groups in total. The number of hydrogen-bond donors (Lipinski definition) is 1. The van der Waals surface area contributed by atoms with Gasteiger partial charge in [-0.3, -0.25) is 4.90 Å². The Bertz CT molecular complexity index is 173. The van der Waals surface area contributed by atoms with Crippen molar-refractivity contribution in [2.75, 3.05) is 31.6 Å². The fraction of sp³-hybridized carbons (Fsp3) is 1.00. The first-order chi connectivity index (χ1) is 7.15. The van der Waals surface area contributed by atoms with Crippen molar-refractivity contribution in [2.45, 2.75) is 39.3 Å². The average molecular weight is 230 g/mol. The molecule has 3 heteroatoms. The molecular formula is C12H26N2S. The highest BCUT2D eigenvalue weighted by Crippen LogP contribution is 2.15. The van der Waals surface area contributed by atoms with Gasteiger partial charge in [-0.25, -0.2) is 0 Å². The fourth-order valence-electron chi connectivity index (χ4n) is 2.33. The molecular weight excluding hydrogens is 204 g/mol. The summed E-state index contributed by atoms with van der Waals surface area (Å²) in [6.07, 6.45) is 3.53. The second kappa shape index (κ2) is 6.77. The molecule has 0 bridgehead atoms. The van der Waals surface area contributed by atoms with E-state index >= 15 is 0 Å². The summed E-state index contributed by atoms with van der Waals surface area (Å²) in [6.45, 7) is 10.6. The molecule has 0 aromatic rings. The SMILES string of the molecule is CSCCCN1CC(C)NCC1C(C)C. The van der Waals surface area contributed by atoms with Crippen LogP contribution in [0.3, 0.4) is 0 Å². The van der Waals surface area contributed by atoms with Crippen LogP contribution in [0, 0.1) is 5.92 Å². The van der Waals surface area contributed by atoms with Gasteiger partial charge >= 0.3 is 0 Å². The molecule has 2 nitrogen and oxygen atoms in total. The summed E-state index contributed by atoms with van der Waals surface area (Å²) < 4.78 is 0. The molecule has 1 aliphatic heterocycles. The maximum atomic E-state index is 3.59. The van der Waals surface area contributed by atoms with Crippen LogP contribution in [0.4, 0.5) is 0 Å². The molecule has 0 aromatic heterocycles. The summed E-state index contributed by atoms with van der Waals surface area (Å²) >= 11 is 1.96. The minimum Gasteiger partial charge on any atom is -0.311 e. The Balaban J connectivity index is 2.39. The standard InChI is InChI=1S/C12H26N2S/c1-10(2)12-8-13-11(3)9-14(12)6-5-7-15-4/h10-13H,5-9H2,1-4H3. The largest absolute Gasteiger partial charge is 0.311 e. The third kappa shape index (κ3) is 4.33. The van der Waals surface area contributed by atoms with Gasteiger partial charge in [0.05, 0.1) is 0 Å². The van der Waals surface area contributed by atoms with Crippen molar-refractivity contribution in [1.82, 2.24) is 10.2 Å². The first-order valence-electron chi connectivity index (χ1n) is 6.11. The smallest absolute Gasteiger partial charge is 0.0244 e. The molecule has 0 aromatic carbocycles. The average Bonchev–Trinajstić information content (AvgIpc) is 2.18. The van der Waals surface area contributed by atoms with Gasteiger partial charge < -0.3 is 5.32 Å². The third-order valence-corrected chi connectivity index (χ3v) is 3.91. The van der Waals surface area contributed by atoms with Gasteiger partial charge in [0.1, 0.15) is 0 Å². The molecule has 0 aliphatic carbocycles. The predicted molar refractivity (Wildman–Crippen MR) is 70.7 cm³/mol. The molecule has 2 unspecified atom stereocenters. The monoisotopic (exact) mass is 230 g/mol. The highest BCUT2D eigenvalue weighted by atomic mass is 32.2. The van der Waals surface area contributed by atoms with Crippen molar-refractivity contribution in [3.05, 3.63) is 0 Å². The van der Waals surface area contributed by atoms with E-state index in [1.807, 2.05) is 11.8 Å². The van der Waals surface area contributed by atoms with Crippen LogP contribution in [0.5, 0.6) is 0 Å². The van der Waals surface area contributed by atoms with Crippen molar-refractivity contribution in [3.8, 4) is 0 Å². The van der Waals surface area contributed by atoms with E-state index in [2.05, 4.69) is 37.2 Å². The molecule has 0 radical (unpaired) electrons. The van der Waals surface area contributed by atoms with Gasteiger partial charge in [-0.2, -0.15) is 11.8 Å². The summed E-state index contributed by atoms with van der Waals surface area (Å²) in [7, 11) is 0. The number of nitrogens with zero attached hydrogens (tertiary/aromatic N) is 1. The maximum Gasteiger partial charge on any atom is 0.0244 e. The number of rotatable bonds is 5. The van der Waals surface area contributed by atoms with Gasteiger partial charge in [0.25, 0.3) is 0 Å². The first kappa shape index (κ1) is 13.3. The summed E-state index contributed by atoms with van der Waals surface area (Å²) in [5.74, 6) is 2.06. The predicted octanol–water partition coefficient (Wildman–Crippen LogP) is 2.06. The van der Waals surface area contributed by atoms with E-state index < -0.39 is 0 Å². The second-order valence-electron chi connectivity index (χ2n) is 4.96. The topological polar surface area (TPSA) is 15.3 Å². The molecule has 1 rings (SSSR count). The Labute approximate surface area is 99.2 Å². The maximum absolute atomic E-state index is 3.59. The molecule has 1 saturated heterocycles. The Morgan fingerprint density at radius 3 is 2.80 bits per heavy atom. The minimum absolute atomic E-state index is 0.661. The van der Waals surface area contributed by atoms with E-state index in [1.165, 1.54) is 25.3 Å². The molecule has 1 aliphatic rings. The van der Waals surface area contributed by atoms with Crippen molar-refractivity contribution in [2.24, 2.45) is 5.92 Å². The zero-order valence-corrected chi connectivity index (χ0v) is 11.4. The minimum atomic E-state index is 0.661. The second-order valence-corrected chi connectivity index (χ2v) is 5.95. The van der Waals surface area contributed by atoms with Crippen LogP contribution < -0.4 is 5.32 Å². The van der Waals surface area contributed by atoms with E-state index in [1.54, 1.807) is 0 Å². The van der Waals surface area contributed by atoms with Crippen LogP contribution in [-0.4, -0.2) is 48.6 Å². The van der Waals surface area contributed by atoms with E-state index in [0.29, 0.717) is 6.04 Å². The molecule has 2 atom stereocenters. The molecule has 0 amide bonds. The van der Waals surface area contributed by atoms with Crippen molar-refractivity contribution in [1.29, 1.82) is 0 Å². The summed E-state index contributed by atoms with van der Waals surface area (Å²) in [5.41, 5.74) is 0. The molecule has 0 saturated carbocycles. The number of piperazine rings is 1. The zero-order valence-electron chi connectivity index (χ0n) is 10.6. The van der Waals surface area contributed by atoms with E-state index in [0.717, 1.165) is 18.5 Å². The summed E-state index contributed by atoms with van der Waals surface area (Å²) in [4.78, 5) is 2.68. The number of thioether (sulfide) groups is 1. The van der Waals surface area contributed by atoms with Gasteiger partial charge in [-0.05, 0) is 37.8 Å². The van der Waals surface area contributed by atoms with E-state index in [-0.39, 0.29) is 0 Å². The lowest BCUT2D eigenvalue weighted by Crippen LogP contribution is -2.57. The first-order valence-corrected chi connectivity index (χ1v) is 7.51. The summed E-state index contributed by atoms with van der Waals surface area (Å²) in [5, 5.41) is 3.59. The molecule has 1 fully saturated rings. The van der Waals surface area contributed by atoms with Crippen molar-refractivity contribution >= 4 is 11.8 Å². The molecule has 0 spiro atoms. The van der Waals surface area contributed by atoms with E-state index in [9.17, 15) is 0 Å². The van der Waals surface area contributed by atoms with Crippen LogP contribution in [0.2, 0.25) is 0 Å². The molecule has 90 valence electrons. The Morgan fingerprint density at radius 1 is 1.47 bits per heavy atom. The lowest BCUT2D eigenvalue weighted by atomic mass is 9.98. The normalized spacial score (nSPS) is 28.6. The third-order valence-electron chi connectivity index (χ3n) is 3.22. The van der Waals surface area contributed by atoms with Crippen molar-refractivity contribution < 1.29 is 0 Å². The lowest BCUT2D eigenvalue weighted by Gasteiger charge is -2.41. The van der Waals surface area contributed by atoms with Crippen molar-refractivity contribution in [3.63, 3.8) is 0 Å². The van der Waals surface area contributed by atoms with Crippen LogP contribution in [-0.2, 0) is 0 Å². The Hall–Kier alpha value is 0.270.